The molecule has 2 heteroatoms. The van der Waals surface area contributed by atoms with Gasteiger partial charge in [0.1, 0.15) is 6.61 Å². The lowest BCUT2D eigenvalue weighted by atomic mass is 10.2. The fourth-order valence-electron chi connectivity index (χ4n) is 0.887. The van der Waals surface area contributed by atoms with Gasteiger partial charge in [0.05, 0.1) is 0 Å². The molecule has 0 aliphatic rings. The molecule has 0 saturated carbocycles. The highest BCUT2D eigenvalue weighted by Gasteiger charge is 1.98. The third-order valence-electron chi connectivity index (χ3n) is 1.70. The molecule has 0 fully saturated rings. The third kappa shape index (κ3) is 9.12. The Hall–Kier alpha value is -0.790. The van der Waals surface area contributed by atoms with Crippen LogP contribution in [0.15, 0.2) is 12.2 Å². The topological polar surface area (TPSA) is 26.3 Å². The van der Waals surface area contributed by atoms with Crippen molar-refractivity contribution in [3.8, 4) is 0 Å². The number of rotatable bonds is 7. The van der Waals surface area contributed by atoms with Crippen molar-refractivity contribution in [2.75, 3.05) is 6.61 Å². The fraction of sp³-hybridized carbons (Fsp3) is 0.727. The molecule has 0 unspecified atom stereocenters. The summed E-state index contributed by atoms with van der Waals surface area (Å²) in [5.41, 5.74) is 0. The molecule has 13 heavy (non-hydrogen) atoms. The maximum absolute atomic E-state index is 11.0. The van der Waals surface area contributed by atoms with Crippen LogP contribution in [0.3, 0.4) is 0 Å². The van der Waals surface area contributed by atoms with Crippen LogP contribution in [0.25, 0.3) is 0 Å². The summed E-state index contributed by atoms with van der Waals surface area (Å²) < 4.78 is 4.96. The Morgan fingerprint density at radius 2 is 2.00 bits per heavy atom. The first-order valence-corrected chi connectivity index (χ1v) is 5.11. The van der Waals surface area contributed by atoms with E-state index in [1.54, 1.807) is 0 Å². The Bertz CT molecular complexity index is 150. The third-order valence-corrected chi connectivity index (χ3v) is 1.70. The second-order valence-electron chi connectivity index (χ2n) is 3.05. The lowest BCUT2D eigenvalue weighted by Gasteiger charge is -1.99. The average molecular weight is 184 g/mol. The standard InChI is InChI=1S/C11H20O2/c1-3-5-7-8-10-13-11(12)9-6-4-2/h7-8H,3-6,9-10H2,1-2H3/b8-7+. The highest BCUT2D eigenvalue weighted by atomic mass is 16.5. The Labute approximate surface area is 81.0 Å². The van der Waals surface area contributed by atoms with Crippen molar-refractivity contribution in [3.05, 3.63) is 12.2 Å². The number of esters is 1. The van der Waals surface area contributed by atoms with E-state index in [4.69, 9.17) is 4.74 Å². The molecule has 0 saturated heterocycles. The number of carbonyl (C=O) groups is 1. The zero-order valence-electron chi connectivity index (χ0n) is 8.71. The first-order chi connectivity index (χ1) is 6.31. The summed E-state index contributed by atoms with van der Waals surface area (Å²) in [5.74, 6) is -0.0806. The summed E-state index contributed by atoms with van der Waals surface area (Å²) in [4.78, 5) is 11.0. The van der Waals surface area contributed by atoms with Crippen LogP contribution >= 0.6 is 0 Å². The largest absolute Gasteiger partial charge is 0.461 e. The first-order valence-electron chi connectivity index (χ1n) is 5.11. The highest BCUT2D eigenvalue weighted by molar-refractivity contribution is 5.69. The second kappa shape index (κ2) is 9.30. The quantitative estimate of drug-likeness (QED) is 0.449. The molecule has 0 N–H and O–H groups in total. The van der Waals surface area contributed by atoms with E-state index in [-0.39, 0.29) is 5.97 Å². The van der Waals surface area contributed by atoms with Crippen LogP contribution in [-0.4, -0.2) is 12.6 Å². The van der Waals surface area contributed by atoms with Crippen molar-refractivity contribution in [1.82, 2.24) is 0 Å². The van der Waals surface area contributed by atoms with E-state index in [0.29, 0.717) is 13.0 Å². The summed E-state index contributed by atoms with van der Waals surface area (Å²) in [6.45, 7) is 4.62. The second-order valence-corrected chi connectivity index (χ2v) is 3.05. The van der Waals surface area contributed by atoms with Crippen molar-refractivity contribution in [2.24, 2.45) is 0 Å². The SMILES string of the molecule is CCC/C=C/COC(=O)CCCC. The summed E-state index contributed by atoms with van der Waals surface area (Å²) in [6, 6.07) is 0. The Balaban J connectivity index is 3.26. The maximum Gasteiger partial charge on any atom is 0.306 e. The van der Waals surface area contributed by atoms with E-state index < -0.39 is 0 Å². The van der Waals surface area contributed by atoms with Crippen LogP contribution in [0.1, 0.15) is 46.0 Å². The number of ether oxygens (including phenoxy) is 1. The summed E-state index contributed by atoms with van der Waals surface area (Å²) in [7, 11) is 0. The van der Waals surface area contributed by atoms with Gasteiger partial charge in [-0.15, -0.1) is 0 Å². The molecule has 0 spiro atoms. The molecule has 0 heterocycles. The summed E-state index contributed by atoms with van der Waals surface area (Å²) >= 11 is 0. The molecule has 2 nitrogen and oxygen atoms in total. The summed E-state index contributed by atoms with van der Waals surface area (Å²) in [6.07, 6.45) is 8.68. The predicted molar refractivity (Wildman–Crippen MR) is 54.5 cm³/mol. The van der Waals surface area contributed by atoms with Gasteiger partial charge in [-0.3, -0.25) is 4.79 Å². The molecule has 0 aromatic rings. The fourth-order valence-corrected chi connectivity index (χ4v) is 0.887. The van der Waals surface area contributed by atoms with Gasteiger partial charge in [-0.2, -0.15) is 0 Å². The van der Waals surface area contributed by atoms with E-state index >= 15 is 0 Å². The van der Waals surface area contributed by atoms with E-state index in [9.17, 15) is 4.79 Å². The van der Waals surface area contributed by atoms with Gasteiger partial charge in [0.25, 0.3) is 0 Å². The first kappa shape index (κ1) is 12.2. The van der Waals surface area contributed by atoms with Crippen LogP contribution in [0.4, 0.5) is 0 Å². The van der Waals surface area contributed by atoms with Crippen LogP contribution < -0.4 is 0 Å². The molecule has 0 aromatic heterocycles. The Morgan fingerprint density at radius 1 is 1.23 bits per heavy atom. The summed E-state index contributed by atoms with van der Waals surface area (Å²) in [5, 5.41) is 0. The zero-order chi connectivity index (χ0) is 9.94. The normalized spacial score (nSPS) is 10.6. The molecule has 0 bridgehead atoms. The molecule has 0 rings (SSSR count). The number of carbonyl (C=O) groups excluding carboxylic acids is 1. The van der Waals surface area contributed by atoms with Gasteiger partial charge in [0.15, 0.2) is 0 Å². The number of allylic oxidation sites excluding steroid dienone is 1. The van der Waals surface area contributed by atoms with Crippen molar-refractivity contribution in [1.29, 1.82) is 0 Å². The minimum Gasteiger partial charge on any atom is -0.461 e. The molecular formula is C11H20O2. The van der Waals surface area contributed by atoms with Gasteiger partial charge in [-0.05, 0) is 12.8 Å². The monoisotopic (exact) mass is 184 g/mol. The molecule has 0 aliphatic heterocycles. The molecule has 0 aliphatic carbocycles. The van der Waals surface area contributed by atoms with Crippen LogP contribution in [0.2, 0.25) is 0 Å². The minimum absolute atomic E-state index is 0.0806. The van der Waals surface area contributed by atoms with Gasteiger partial charge >= 0.3 is 5.97 Å². The Kier molecular flexibility index (Phi) is 8.73. The minimum atomic E-state index is -0.0806. The number of hydrogen-bond acceptors (Lipinski definition) is 2. The number of hydrogen-bond donors (Lipinski definition) is 0. The van der Waals surface area contributed by atoms with Crippen molar-refractivity contribution in [3.63, 3.8) is 0 Å². The Morgan fingerprint density at radius 3 is 2.62 bits per heavy atom. The zero-order valence-corrected chi connectivity index (χ0v) is 8.71. The molecule has 0 radical (unpaired) electrons. The van der Waals surface area contributed by atoms with Crippen molar-refractivity contribution in [2.45, 2.75) is 46.0 Å². The maximum atomic E-state index is 11.0. The van der Waals surface area contributed by atoms with E-state index in [0.717, 1.165) is 25.7 Å². The van der Waals surface area contributed by atoms with Gasteiger partial charge in [0, 0.05) is 6.42 Å². The lowest BCUT2D eigenvalue weighted by molar-refractivity contribution is -0.142. The molecule has 0 amide bonds. The molecule has 0 aromatic carbocycles. The van der Waals surface area contributed by atoms with Crippen LogP contribution in [0, 0.1) is 0 Å². The predicted octanol–water partition coefficient (Wildman–Crippen LogP) is 3.08. The molecule has 76 valence electrons. The van der Waals surface area contributed by atoms with Gasteiger partial charge in [-0.25, -0.2) is 0 Å². The van der Waals surface area contributed by atoms with Crippen LogP contribution in [0.5, 0.6) is 0 Å². The van der Waals surface area contributed by atoms with Gasteiger partial charge in [0.2, 0.25) is 0 Å². The van der Waals surface area contributed by atoms with E-state index in [2.05, 4.69) is 13.8 Å². The highest BCUT2D eigenvalue weighted by Crippen LogP contribution is 1.96. The molecule has 0 atom stereocenters. The van der Waals surface area contributed by atoms with Gasteiger partial charge < -0.3 is 4.74 Å². The van der Waals surface area contributed by atoms with Gasteiger partial charge in [-0.1, -0.05) is 38.8 Å². The van der Waals surface area contributed by atoms with E-state index in [1.165, 1.54) is 0 Å². The van der Waals surface area contributed by atoms with Crippen molar-refractivity contribution >= 4 is 5.97 Å². The van der Waals surface area contributed by atoms with Crippen molar-refractivity contribution < 1.29 is 9.53 Å². The van der Waals surface area contributed by atoms with E-state index in [1.807, 2.05) is 12.2 Å². The van der Waals surface area contributed by atoms with Crippen LogP contribution in [-0.2, 0) is 9.53 Å². The average Bonchev–Trinajstić information content (AvgIpc) is 2.14. The smallest absolute Gasteiger partial charge is 0.306 e. The number of unbranched alkanes of at least 4 members (excludes halogenated alkanes) is 2. The lowest BCUT2D eigenvalue weighted by Crippen LogP contribution is -2.03. The molecular weight excluding hydrogens is 164 g/mol.